The second-order valence-electron chi connectivity index (χ2n) is 4.68. The first-order valence-corrected chi connectivity index (χ1v) is 5.76. The van der Waals surface area contributed by atoms with Gasteiger partial charge in [0.2, 0.25) is 0 Å². The molecule has 3 heteroatoms. The fourth-order valence-corrected chi connectivity index (χ4v) is 1.57. The molecule has 92 valence electrons. The van der Waals surface area contributed by atoms with E-state index in [0.29, 0.717) is 17.5 Å². The molecule has 0 atom stereocenters. The van der Waals surface area contributed by atoms with E-state index in [1.54, 1.807) is 38.1 Å². The van der Waals surface area contributed by atoms with Crippen molar-refractivity contribution < 1.29 is 14.7 Å². The maximum atomic E-state index is 11.6. The topological polar surface area (TPSA) is 54.4 Å². The Hall–Kier alpha value is -1.64. The second kappa shape index (κ2) is 5.13. The minimum atomic E-state index is -0.924. The molecule has 0 aromatic heterocycles. The largest absolute Gasteiger partial charge is 0.481 e. The Labute approximate surface area is 101 Å². The van der Waals surface area contributed by atoms with Gasteiger partial charge in [-0.2, -0.15) is 0 Å². The van der Waals surface area contributed by atoms with E-state index in [4.69, 9.17) is 5.11 Å². The number of Topliss-reactive ketones (excluding diaryl/α,β-unsaturated/α-hetero) is 1. The van der Waals surface area contributed by atoms with Gasteiger partial charge in [-0.3, -0.25) is 9.59 Å². The normalized spacial score (nSPS) is 11.2. The summed E-state index contributed by atoms with van der Waals surface area (Å²) in [6.07, 6.45) is 1.35. The van der Waals surface area contributed by atoms with Gasteiger partial charge in [-0.1, -0.05) is 31.2 Å². The van der Waals surface area contributed by atoms with Crippen LogP contribution in [0.25, 0.3) is 0 Å². The zero-order valence-electron chi connectivity index (χ0n) is 10.5. The van der Waals surface area contributed by atoms with Crippen molar-refractivity contribution >= 4 is 11.8 Å². The minimum absolute atomic E-state index is 0.104. The van der Waals surface area contributed by atoms with Crippen molar-refractivity contribution in [2.75, 3.05) is 0 Å². The van der Waals surface area contributed by atoms with Crippen LogP contribution >= 0.6 is 0 Å². The van der Waals surface area contributed by atoms with Gasteiger partial charge in [0, 0.05) is 12.0 Å². The van der Waals surface area contributed by atoms with Gasteiger partial charge in [0.25, 0.3) is 0 Å². The van der Waals surface area contributed by atoms with Gasteiger partial charge in [0.15, 0.2) is 5.78 Å². The van der Waals surface area contributed by atoms with Gasteiger partial charge in [-0.05, 0) is 25.8 Å². The number of hydrogen-bond donors (Lipinski definition) is 1. The lowest BCUT2D eigenvalue weighted by Gasteiger charge is -2.19. The Morgan fingerprint density at radius 3 is 2.12 bits per heavy atom. The van der Waals surface area contributed by atoms with Gasteiger partial charge < -0.3 is 5.11 Å². The lowest BCUT2D eigenvalue weighted by Crippen LogP contribution is -2.28. The van der Waals surface area contributed by atoms with Crippen molar-refractivity contribution in [3.63, 3.8) is 0 Å². The minimum Gasteiger partial charge on any atom is -0.481 e. The first kappa shape index (κ1) is 13.4. The van der Waals surface area contributed by atoms with Crippen LogP contribution in [0.4, 0.5) is 0 Å². The monoisotopic (exact) mass is 234 g/mol. The molecule has 0 saturated carbocycles. The van der Waals surface area contributed by atoms with E-state index in [9.17, 15) is 9.59 Å². The molecule has 0 aliphatic heterocycles. The number of carboxylic acids is 1. The van der Waals surface area contributed by atoms with Crippen LogP contribution in [0, 0.1) is 0 Å². The zero-order chi connectivity index (χ0) is 13.1. The van der Waals surface area contributed by atoms with Crippen molar-refractivity contribution in [3.05, 3.63) is 35.4 Å². The molecule has 0 amide bonds. The lowest BCUT2D eigenvalue weighted by atomic mass is 9.84. The first-order valence-electron chi connectivity index (χ1n) is 5.76. The summed E-state index contributed by atoms with van der Waals surface area (Å²) in [5, 5.41) is 9.09. The van der Waals surface area contributed by atoms with E-state index in [-0.39, 0.29) is 5.78 Å². The molecule has 0 saturated heterocycles. The Morgan fingerprint density at radius 1 is 1.18 bits per heavy atom. The molecular weight excluding hydrogens is 216 g/mol. The van der Waals surface area contributed by atoms with Gasteiger partial charge in [-0.15, -0.1) is 0 Å². The number of ketones is 1. The van der Waals surface area contributed by atoms with Gasteiger partial charge in [-0.25, -0.2) is 0 Å². The zero-order valence-corrected chi connectivity index (χ0v) is 10.5. The third-order valence-electron chi connectivity index (χ3n) is 2.94. The predicted molar refractivity (Wildman–Crippen MR) is 66.3 cm³/mol. The first-order chi connectivity index (χ1) is 7.89. The highest BCUT2D eigenvalue weighted by atomic mass is 16.4. The van der Waals surface area contributed by atoms with E-state index in [1.165, 1.54) is 0 Å². The maximum absolute atomic E-state index is 11.6. The van der Waals surface area contributed by atoms with Crippen LogP contribution < -0.4 is 0 Å². The number of carboxylic acid groups (broad SMARTS) is 1. The van der Waals surface area contributed by atoms with Crippen LogP contribution in [-0.2, 0) is 10.2 Å². The van der Waals surface area contributed by atoms with Crippen LogP contribution in [0.1, 0.15) is 49.5 Å². The lowest BCUT2D eigenvalue weighted by molar-refractivity contribution is -0.142. The maximum Gasteiger partial charge on any atom is 0.313 e. The third-order valence-corrected chi connectivity index (χ3v) is 2.94. The van der Waals surface area contributed by atoms with E-state index in [2.05, 4.69) is 0 Å². The van der Waals surface area contributed by atoms with Gasteiger partial charge in [0.05, 0.1) is 5.41 Å². The number of carbonyl (C=O) groups is 2. The fraction of sp³-hybridized carbons (Fsp3) is 0.429. The average molecular weight is 234 g/mol. The standard InChI is InChI=1S/C14H18O3/c1-4-5-12(15)10-6-8-11(9-7-10)14(2,3)13(16)17/h6-9H,4-5H2,1-3H3,(H,16,17). The smallest absolute Gasteiger partial charge is 0.313 e. The highest BCUT2D eigenvalue weighted by Gasteiger charge is 2.29. The molecule has 0 heterocycles. The SMILES string of the molecule is CCCC(=O)c1ccc(C(C)(C)C(=O)O)cc1. The summed E-state index contributed by atoms with van der Waals surface area (Å²) in [6.45, 7) is 5.26. The van der Waals surface area contributed by atoms with Crippen LogP contribution in [0.3, 0.4) is 0 Å². The summed E-state index contributed by atoms with van der Waals surface area (Å²) >= 11 is 0. The van der Waals surface area contributed by atoms with E-state index >= 15 is 0 Å². The summed E-state index contributed by atoms with van der Waals surface area (Å²) in [4.78, 5) is 22.7. The van der Waals surface area contributed by atoms with E-state index < -0.39 is 11.4 Å². The average Bonchev–Trinajstić information content (AvgIpc) is 2.29. The second-order valence-corrected chi connectivity index (χ2v) is 4.68. The Kier molecular flexibility index (Phi) is 4.05. The van der Waals surface area contributed by atoms with Crippen molar-refractivity contribution in [2.45, 2.75) is 39.0 Å². The Balaban J connectivity index is 2.96. The molecule has 0 spiro atoms. The summed E-state index contributed by atoms with van der Waals surface area (Å²) in [5.74, 6) is -0.766. The van der Waals surface area contributed by atoms with Crippen molar-refractivity contribution in [2.24, 2.45) is 0 Å². The van der Waals surface area contributed by atoms with Crippen molar-refractivity contribution in [3.8, 4) is 0 Å². The van der Waals surface area contributed by atoms with Crippen LogP contribution in [0.5, 0.6) is 0 Å². The molecule has 17 heavy (non-hydrogen) atoms. The van der Waals surface area contributed by atoms with Crippen LogP contribution in [0.15, 0.2) is 24.3 Å². The number of aliphatic carboxylic acids is 1. The number of hydrogen-bond acceptors (Lipinski definition) is 2. The quantitative estimate of drug-likeness (QED) is 0.797. The number of benzene rings is 1. The molecule has 3 nitrogen and oxygen atoms in total. The molecule has 0 aliphatic carbocycles. The molecule has 0 aliphatic rings. The van der Waals surface area contributed by atoms with Crippen LogP contribution in [-0.4, -0.2) is 16.9 Å². The van der Waals surface area contributed by atoms with Crippen LogP contribution in [0.2, 0.25) is 0 Å². The molecule has 0 bridgehead atoms. The molecule has 0 radical (unpaired) electrons. The highest BCUT2D eigenvalue weighted by Crippen LogP contribution is 2.23. The molecular formula is C14H18O3. The van der Waals surface area contributed by atoms with Crippen molar-refractivity contribution in [1.29, 1.82) is 0 Å². The van der Waals surface area contributed by atoms with Gasteiger partial charge in [0.1, 0.15) is 0 Å². The van der Waals surface area contributed by atoms with E-state index in [1.807, 2.05) is 6.92 Å². The summed E-state index contributed by atoms with van der Waals surface area (Å²) in [6, 6.07) is 6.85. The number of rotatable bonds is 5. The molecule has 0 unspecified atom stereocenters. The van der Waals surface area contributed by atoms with E-state index in [0.717, 1.165) is 6.42 Å². The Morgan fingerprint density at radius 2 is 1.71 bits per heavy atom. The molecule has 0 fully saturated rings. The molecule has 1 rings (SSSR count). The summed E-state index contributed by atoms with van der Waals surface area (Å²) in [5.41, 5.74) is 0.432. The molecule has 1 aromatic rings. The highest BCUT2D eigenvalue weighted by molar-refractivity contribution is 5.96. The number of carbonyl (C=O) groups excluding carboxylic acids is 1. The molecule has 1 N–H and O–H groups in total. The summed E-state index contributed by atoms with van der Waals surface area (Å²) in [7, 11) is 0. The van der Waals surface area contributed by atoms with Crippen molar-refractivity contribution in [1.82, 2.24) is 0 Å². The fourth-order valence-electron chi connectivity index (χ4n) is 1.57. The summed E-state index contributed by atoms with van der Waals surface area (Å²) < 4.78 is 0. The van der Waals surface area contributed by atoms with Gasteiger partial charge >= 0.3 is 5.97 Å². The third kappa shape index (κ3) is 2.93. The Bertz CT molecular complexity index is 416. The molecule has 1 aromatic carbocycles. The predicted octanol–water partition coefficient (Wildman–Crippen LogP) is 3.03.